The lowest BCUT2D eigenvalue weighted by Crippen LogP contribution is -2.28. The summed E-state index contributed by atoms with van der Waals surface area (Å²) < 4.78 is 4.39. The molecule has 0 rings (SSSR count). The second-order valence-electron chi connectivity index (χ2n) is 1.40. The average Bonchev–Trinajstić information content (AvgIpc) is 1.63. The Hall–Kier alpha value is -0.440. The normalized spacial score (nSPS) is 12.3. The highest BCUT2D eigenvalue weighted by molar-refractivity contribution is 6.20. The van der Waals surface area contributed by atoms with Crippen LogP contribution in [0.25, 0.3) is 0 Å². The van der Waals surface area contributed by atoms with E-state index in [-0.39, 0.29) is 0 Å². The van der Waals surface area contributed by atoms with Crippen LogP contribution in [0.3, 0.4) is 0 Å². The van der Waals surface area contributed by atoms with Crippen molar-refractivity contribution in [3.8, 4) is 0 Å². The molecule has 0 fully saturated rings. The minimum absolute atomic E-state index is 0.391. The van der Waals surface area contributed by atoms with Crippen LogP contribution in [0.2, 0.25) is 0 Å². The first kappa shape index (κ1) is 8.56. The van der Waals surface area contributed by atoms with Crippen LogP contribution in [0.4, 0.5) is 4.79 Å². The van der Waals surface area contributed by atoms with Crippen LogP contribution in [-0.2, 0) is 4.74 Å². The predicted octanol–water partition coefficient (Wildman–Crippen LogP) is 1.48. The fraction of sp³-hybridized carbons (Fsp3) is 0.600. The van der Waals surface area contributed by atoms with Crippen molar-refractivity contribution in [1.29, 1.82) is 0 Å². The molecule has 1 unspecified atom stereocenters. The van der Waals surface area contributed by atoms with Gasteiger partial charge in [0.15, 0.2) is 0 Å². The van der Waals surface area contributed by atoms with Crippen LogP contribution >= 0.6 is 11.6 Å². The van der Waals surface area contributed by atoms with Gasteiger partial charge in [-0.15, -0.1) is 0 Å². The van der Waals surface area contributed by atoms with Crippen LogP contribution < -0.4 is 5.32 Å². The highest BCUT2D eigenvalue weighted by Gasteiger charge is 2.01. The molecule has 0 heterocycles. The number of hydrogen-bond donors (Lipinski definition) is 1. The lowest BCUT2D eigenvalue weighted by atomic mass is 10.7. The Kier molecular flexibility index (Phi) is 4.22. The third kappa shape index (κ3) is 5.43. The number of nitrogens with one attached hydrogen (secondary N) is 1. The molecule has 0 aliphatic carbocycles. The van der Waals surface area contributed by atoms with Crippen LogP contribution in [-0.4, -0.2) is 11.6 Å². The van der Waals surface area contributed by atoms with E-state index in [1.165, 1.54) is 6.61 Å². The number of ether oxygens (including phenoxy) is 1. The molecule has 1 N–H and O–H groups in total. The Morgan fingerprint density at radius 2 is 2.44 bits per heavy atom. The Bertz CT molecular complexity index is 95.0. The molecule has 0 spiro atoms. The molecule has 53 valence electrons. The summed E-state index contributed by atoms with van der Waals surface area (Å²) in [6.07, 6.45) is -0.528. The quantitative estimate of drug-likeness (QED) is 0.478. The van der Waals surface area contributed by atoms with Gasteiger partial charge in [-0.2, -0.15) is 0 Å². The van der Waals surface area contributed by atoms with Gasteiger partial charge in [-0.05, 0) is 13.8 Å². The van der Waals surface area contributed by atoms with Gasteiger partial charge in [0.25, 0.3) is 0 Å². The van der Waals surface area contributed by atoms with Gasteiger partial charge in [-0.25, -0.2) is 4.79 Å². The summed E-state index contributed by atoms with van der Waals surface area (Å²) >= 11 is 5.38. The maximum atomic E-state index is 10.4. The van der Waals surface area contributed by atoms with Crippen LogP contribution in [0, 0.1) is 6.61 Å². The molecule has 1 atom stereocenters. The number of alkyl halides is 1. The zero-order chi connectivity index (χ0) is 7.28. The number of amides is 1. The third-order valence-corrected chi connectivity index (χ3v) is 0.651. The SMILES string of the molecule is C[CH]OC(=O)NC(C)Cl. The second-order valence-corrected chi connectivity index (χ2v) is 2.06. The van der Waals surface area contributed by atoms with Crippen molar-refractivity contribution in [2.24, 2.45) is 0 Å². The van der Waals surface area contributed by atoms with Crippen LogP contribution in [0.1, 0.15) is 13.8 Å². The van der Waals surface area contributed by atoms with Gasteiger partial charge in [0.2, 0.25) is 0 Å². The summed E-state index contributed by atoms with van der Waals surface area (Å²) in [7, 11) is 0. The molecule has 4 heteroatoms. The van der Waals surface area contributed by atoms with Crippen molar-refractivity contribution >= 4 is 17.7 Å². The first-order valence-electron chi connectivity index (χ1n) is 2.56. The molecule has 0 aliphatic rings. The van der Waals surface area contributed by atoms with E-state index < -0.39 is 11.6 Å². The third-order valence-electron chi connectivity index (χ3n) is 0.542. The molecule has 1 radical (unpaired) electrons. The van der Waals surface area contributed by atoms with Crippen molar-refractivity contribution < 1.29 is 9.53 Å². The predicted molar refractivity (Wildman–Crippen MR) is 34.9 cm³/mol. The fourth-order valence-electron chi connectivity index (χ4n) is 0.303. The Morgan fingerprint density at radius 1 is 1.89 bits per heavy atom. The average molecular weight is 151 g/mol. The maximum Gasteiger partial charge on any atom is 0.408 e. The number of halogens is 1. The van der Waals surface area contributed by atoms with E-state index in [0.29, 0.717) is 0 Å². The number of rotatable bonds is 2. The summed E-state index contributed by atoms with van der Waals surface area (Å²) in [6, 6.07) is 0. The molecule has 0 aromatic carbocycles. The Labute approximate surface area is 59.3 Å². The van der Waals surface area contributed by atoms with Crippen molar-refractivity contribution in [3.05, 3.63) is 6.61 Å². The summed E-state index contributed by atoms with van der Waals surface area (Å²) in [4.78, 5) is 10.4. The first-order chi connectivity index (χ1) is 4.16. The fourth-order valence-corrected chi connectivity index (χ4v) is 0.393. The molecule has 9 heavy (non-hydrogen) atoms. The molecule has 3 nitrogen and oxygen atoms in total. The van der Waals surface area contributed by atoms with E-state index in [1.54, 1.807) is 13.8 Å². The standard InChI is InChI=1S/C5H9ClNO2/c1-3-9-5(8)7-4(2)6/h3-4H,1-2H3,(H,7,8). The highest BCUT2D eigenvalue weighted by Crippen LogP contribution is 1.88. The molecule has 0 aliphatic heterocycles. The lowest BCUT2D eigenvalue weighted by molar-refractivity contribution is 0.172. The van der Waals surface area contributed by atoms with Crippen LogP contribution in [0.15, 0.2) is 0 Å². The number of alkyl carbamates (subject to hydrolysis) is 1. The zero-order valence-corrected chi connectivity index (χ0v) is 6.11. The van der Waals surface area contributed by atoms with Gasteiger partial charge in [0.05, 0.1) is 0 Å². The molecule has 0 aromatic heterocycles. The van der Waals surface area contributed by atoms with Crippen LogP contribution in [0.5, 0.6) is 0 Å². The molecular weight excluding hydrogens is 142 g/mol. The molecule has 0 saturated heterocycles. The number of carbonyl (C=O) groups is 1. The summed E-state index contributed by atoms with van der Waals surface area (Å²) in [6.45, 7) is 4.53. The van der Waals surface area contributed by atoms with Gasteiger partial charge >= 0.3 is 6.09 Å². The van der Waals surface area contributed by atoms with E-state index in [0.717, 1.165) is 0 Å². The Balaban J connectivity index is 3.27. The van der Waals surface area contributed by atoms with Crippen molar-refractivity contribution in [2.75, 3.05) is 0 Å². The molecule has 0 bridgehead atoms. The van der Waals surface area contributed by atoms with Gasteiger partial charge < -0.3 is 10.1 Å². The topological polar surface area (TPSA) is 38.3 Å². The monoisotopic (exact) mass is 150 g/mol. The van der Waals surface area contributed by atoms with Crippen molar-refractivity contribution in [2.45, 2.75) is 19.3 Å². The first-order valence-corrected chi connectivity index (χ1v) is 2.99. The summed E-state index contributed by atoms with van der Waals surface area (Å²) in [5, 5.41) is 2.32. The molecule has 0 aromatic rings. The van der Waals surface area contributed by atoms with Crippen molar-refractivity contribution in [3.63, 3.8) is 0 Å². The van der Waals surface area contributed by atoms with E-state index in [2.05, 4.69) is 10.1 Å². The number of hydrogen-bond acceptors (Lipinski definition) is 2. The largest absolute Gasteiger partial charge is 0.443 e. The van der Waals surface area contributed by atoms with Gasteiger partial charge in [-0.3, -0.25) is 0 Å². The lowest BCUT2D eigenvalue weighted by Gasteiger charge is -2.04. The molecule has 1 amide bonds. The zero-order valence-electron chi connectivity index (χ0n) is 5.35. The highest BCUT2D eigenvalue weighted by atomic mass is 35.5. The second kappa shape index (κ2) is 4.44. The summed E-state index contributed by atoms with van der Waals surface area (Å²) in [5.41, 5.74) is -0.391. The maximum absolute atomic E-state index is 10.4. The van der Waals surface area contributed by atoms with Gasteiger partial charge in [0.1, 0.15) is 12.1 Å². The Morgan fingerprint density at radius 3 is 2.78 bits per heavy atom. The smallest absolute Gasteiger partial charge is 0.408 e. The van der Waals surface area contributed by atoms with E-state index in [4.69, 9.17) is 11.6 Å². The van der Waals surface area contributed by atoms with E-state index >= 15 is 0 Å². The summed E-state index contributed by atoms with van der Waals surface area (Å²) in [5.74, 6) is 0. The van der Waals surface area contributed by atoms with Gasteiger partial charge in [0, 0.05) is 0 Å². The van der Waals surface area contributed by atoms with Gasteiger partial charge in [-0.1, -0.05) is 11.6 Å². The molecular formula is C5H9ClNO2. The van der Waals surface area contributed by atoms with E-state index in [9.17, 15) is 4.79 Å². The number of carbonyl (C=O) groups excluding carboxylic acids is 1. The minimum Gasteiger partial charge on any atom is -0.443 e. The molecule has 0 saturated carbocycles. The van der Waals surface area contributed by atoms with E-state index in [1.807, 2.05) is 0 Å². The van der Waals surface area contributed by atoms with Crippen molar-refractivity contribution in [1.82, 2.24) is 5.32 Å². The minimum atomic E-state index is -0.528.